The molecule has 1 spiro atoms. The largest absolute Gasteiger partial charge is 0.497 e. The minimum atomic E-state index is -0.438. The average Bonchev–Trinajstić information content (AvgIpc) is 2.35. The van der Waals surface area contributed by atoms with Crippen molar-refractivity contribution in [2.75, 3.05) is 7.11 Å². The molecule has 1 heterocycles. The van der Waals surface area contributed by atoms with E-state index in [-0.39, 0.29) is 5.60 Å². The van der Waals surface area contributed by atoms with Crippen molar-refractivity contribution in [3.8, 4) is 11.5 Å². The first-order valence-corrected chi connectivity index (χ1v) is 7.08. The van der Waals surface area contributed by atoms with E-state index in [1.165, 1.54) is 0 Å². The van der Waals surface area contributed by atoms with E-state index in [0.29, 0.717) is 12.3 Å². The third kappa shape index (κ3) is 2.10. The average molecular weight is 262 g/mol. The zero-order chi connectivity index (χ0) is 13.6. The molecule has 2 aliphatic rings. The van der Waals surface area contributed by atoms with Crippen LogP contribution in [0, 0.1) is 11.8 Å². The van der Waals surface area contributed by atoms with Gasteiger partial charge in [-0.05, 0) is 42.9 Å². The monoisotopic (exact) mass is 262 g/mol. The molecule has 3 heteroatoms. The summed E-state index contributed by atoms with van der Waals surface area (Å²) in [5, 5.41) is 10.4. The third-order valence-corrected chi connectivity index (χ3v) is 4.68. The van der Waals surface area contributed by atoms with Crippen LogP contribution in [0.5, 0.6) is 11.5 Å². The van der Waals surface area contributed by atoms with Crippen molar-refractivity contribution in [1.82, 2.24) is 0 Å². The number of ether oxygens (including phenoxy) is 2. The van der Waals surface area contributed by atoms with Crippen LogP contribution in [-0.4, -0.2) is 17.8 Å². The van der Waals surface area contributed by atoms with E-state index in [4.69, 9.17) is 9.47 Å². The first-order valence-electron chi connectivity index (χ1n) is 7.08. The van der Waals surface area contributed by atoms with Gasteiger partial charge in [-0.25, -0.2) is 0 Å². The molecule has 0 saturated heterocycles. The number of methoxy groups -OCH3 is 1. The Bertz CT molecular complexity index is 475. The molecule has 1 unspecified atom stereocenters. The predicted octanol–water partition coefficient (Wildman–Crippen LogP) is 3.32. The number of benzene rings is 1. The molecule has 0 bridgehead atoms. The standard InChI is InChI=1S/C16H22O3/c1-10(2)11-7-16(8-11)9-14(17)13-6-12(18-3)4-5-15(13)19-16/h4-6,10-11,14,17H,7-9H2,1-3H3. The number of fused-ring (bicyclic) bond motifs is 1. The summed E-state index contributed by atoms with van der Waals surface area (Å²) in [4.78, 5) is 0. The molecule has 0 amide bonds. The SMILES string of the molecule is COc1ccc2c(c1)C(O)CC1(CC(C(C)C)C1)O2. The lowest BCUT2D eigenvalue weighted by molar-refractivity contribution is -0.108. The van der Waals surface area contributed by atoms with Crippen LogP contribution in [0.25, 0.3) is 0 Å². The van der Waals surface area contributed by atoms with Gasteiger partial charge in [0.25, 0.3) is 0 Å². The van der Waals surface area contributed by atoms with Gasteiger partial charge in [0.15, 0.2) is 0 Å². The second kappa shape index (κ2) is 4.41. The fourth-order valence-corrected chi connectivity index (χ4v) is 3.36. The molecule has 1 N–H and O–H groups in total. The molecule has 1 saturated carbocycles. The fourth-order valence-electron chi connectivity index (χ4n) is 3.36. The van der Waals surface area contributed by atoms with Gasteiger partial charge in [0.2, 0.25) is 0 Å². The van der Waals surface area contributed by atoms with Crippen molar-refractivity contribution < 1.29 is 14.6 Å². The van der Waals surface area contributed by atoms with Crippen LogP contribution in [0.2, 0.25) is 0 Å². The summed E-state index contributed by atoms with van der Waals surface area (Å²) in [6.45, 7) is 4.52. The van der Waals surface area contributed by atoms with Gasteiger partial charge < -0.3 is 14.6 Å². The summed E-state index contributed by atoms with van der Waals surface area (Å²) in [7, 11) is 1.64. The lowest BCUT2D eigenvalue weighted by atomic mass is 9.63. The third-order valence-electron chi connectivity index (χ3n) is 4.68. The summed E-state index contributed by atoms with van der Waals surface area (Å²) in [5.41, 5.74) is 0.730. The van der Waals surface area contributed by atoms with Crippen LogP contribution in [0.4, 0.5) is 0 Å². The molecule has 0 radical (unpaired) electrons. The summed E-state index contributed by atoms with van der Waals surface area (Å²) in [5.74, 6) is 3.02. The van der Waals surface area contributed by atoms with Crippen molar-refractivity contribution in [3.63, 3.8) is 0 Å². The van der Waals surface area contributed by atoms with Crippen LogP contribution in [0.1, 0.15) is 44.8 Å². The second-order valence-corrected chi connectivity index (χ2v) is 6.32. The Morgan fingerprint density at radius 1 is 1.32 bits per heavy atom. The van der Waals surface area contributed by atoms with E-state index in [1.54, 1.807) is 7.11 Å². The van der Waals surface area contributed by atoms with Crippen molar-refractivity contribution in [1.29, 1.82) is 0 Å². The Kier molecular flexibility index (Phi) is 2.97. The van der Waals surface area contributed by atoms with Gasteiger partial charge in [0.05, 0.1) is 13.2 Å². The van der Waals surface area contributed by atoms with Gasteiger partial charge in [-0.3, -0.25) is 0 Å². The van der Waals surface area contributed by atoms with Gasteiger partial charge in [0, 0.05) is 12.0 Å². The first-order chi connectivity index (χ1) is 9.03. The van der Waals surface area contributed by atoms with Crippen LogP contribution < -0.4 is 9.47 Å². The van der Waals surface area contributed by atoms with Crippen LogP contribution in [0.15, 0.2) is 18.2 Å². The van der Waals surface area contributed by atoms with E-state index in [1.807, 2.05) is 18.2 Å². The highest BCUT2D eigenvalue weighted by Crippen LogP contribution is 2.53. The molecular formula is C16H22O3. The van der Waals surface area contributed by atoms with E-state index in [2.05, 4.69) is 13.8 Å². The highest BCUT2D eigenvalue weighted by Gasteiger charge is 2.51. The maximum atomic E-state index is 10.4. The van der Waals surface area contributed by atoms with Gasteiger partial charge in [-0.15, -0.1) is 0 Å². The van der Waals surface area contributed by atoms with Gasteiger partial charge in [-0.2, -0.15) is 0 Å². The van der Waals surface area contributed by atoms with Crippen molar-refractivity contribution in [2.24, 2.45) is 11.8 Å². The van der Waals surface area contributed by atoms with Crippen molar-refractivity contribution in [3.05, 3.63) is 23.8 Å². The number of hydrogen-bond donors (Lipinski definition) is 1. The lowest BCUT2D eigenvalue weighted by Crippen LogP contribution is -2.53. The zero-order valence-corrected chi connectivity index (χ0v) is 11.8. The molecular weight excluding hydrogens is 240 g/mol. The number of aliphatic hydroxyl groups is 1. The van der Waals surface area contributed by atoms with Gasteiger partial charge >= 0.3 is 0 Å². The Labute approximate surface area is 114 Å². The molecule has 1 aliphatic carbocycles. The lowest BCUT2D eigenvalue weighted by Gasteiger charge is -2.52. The topological polar surface area (TPSA) is 38.7 Å². The number of hydrogen-bond acceptors (Lipinski definition) is 3. The Hall–Kier alpha value is -1.22. The number of aliphatic hydroxyl groups excluding tert-OH is 1. The fraction of sp³-hybridized carbons (Fsp3) is 0.625. The molecule has 3 rings (SSSR count). The molecule has 0 aromatic heterocycles. The van der Waals surface area contributed by atoms with Crippen molar-refractivity contribution >= 4 is 0 Å². The smallest absolute Gasteiger partial charge is 0.126 e. The maximum absolute atomic E-state index is 10.4. The van der Waals surface area contributed by atoms with Gasteiger partial charge in [-0.1, -0.05) is 13.8 Å². The second-order valence-electron chi connectivity index (χ2n) is 6.32. The summed E-state index contributed by atoms with van der Waals surface area (Å²) in [6.07, 6.45) is 2.39. The van der Waals surface area contributed by atoms with E-state index in [9.17, 15) is 5.11 Å². The molecule has 1 atom stereocenters. The Morgan fingerprint density at radius 3 is 2.68 bits per heavy atom. The molecule has 19 heavy (non-hydrogen) atoms. The Balaban J connectivity index is 1.82. The van der Waals surface area contributed by atoms with E-state index in [0.717, 1.165) is 35.8 Å². The normalized spacial score (nSPS) is 32.7. The first kappa shape index (κ1) is 12.8. The summed E-state index contributed by atoms with van der Waals surface area (Å²) in [6, 6.07) is 5.69. The van der Waals surface area contributed by atoms with E-state index < -0.39 is 6.10 Å². The minimum Gasteiger partial charge on any atom is -0.497 e. The molecule has 1 aromatic rings. The molecule has 104 valence electrons. The molecule has 3 nitrogen and oxygen atoms in total. The maximum Gasteiger partial charge on any atom is 0.126 e. The van der Waals surface area contributed by atoms with Crippen molar-refractivity contribution in [2.45, 2.75) is 44.8 Å². The highest BCUT2D eigenvalue weighted by atomic mass is 16.5. The minimum absolute atomic E-state index is 0.129. The highest BCUT2D eigenvalue weighted by molar-refractivity contribution is 5.44. The molecule has 1 aliphatic heterocycles. The Morgan fingerprint density at radius 2 is 2.05 bits per heavy atom. The summed E-state index contributed by atoms with van der Waals surface area (Å²) < 4.78 is 11.4. The predicted molar refractivity (Wildman–Crippen MR) is 73.5 cm³/mol. The summed E-state index contributed by atoms with van der Waals surface area (Å²) >= 11 is 0. The number of rotatable bonds is 2. The van der Waals surface area contributed by atoms with Crippen LogP contribution >= 0.6 is 0 Å². The van der Waals surface area contributed by atoms with Gasteiger partial charge in [0.1, 0.15) is 17.1 Å². The molecule has 1 aromatic carbocycles. The van der Waals surface area contributed by atoms with E-state index >= 15 is 0 Å². The van der Waals surface area contributed by atoms with Crippen LogP contribution in [0.3, 0.4) is 0 Å². The molecule has 1 fully saturated rings. The van der Waals surface area contributed by atoms with Crippen LogP contribution in [-0.2, 0) is 0 Å². The quantitative estimate of drug-likeness (QED) is 0.888. The zero-order valence-electron chi connectivity index (χ0n) is 11.8.